The first kappa shape index (κ1) is 18.1. The topological polar surface area (TPSA) is 71.9 Å². The second kappa shape index (κ2) is 7.05. The molecular formula is C20H16FN5OS. The highest BCUT2D eigenvalue weighted by Crippen LogP contribution is 2.26. The van der Waals surface area contributed by atoms with Crippen molar-refractivity contribution < 1.29 is 9.18 Å². The zero-order valence-electron chi connectivity index (χ0n) is 15.5. The normalized spacial score (nSPS) is 11.0. The van der Waals surface area contributed by atoms with Gasteiger partial charge in [-0.25, -0.2) is 24.3 Å². The van der Waals surface area contributed by atoms with E-state index in [9.17, 15) is 9.18 Å². The number of pyridine rings is 1. The monoisotopic (exact) mass is 393 g/mol. The molecule has 0 saturated heterocycles. The average molecular weight is 393 g/mol. The van der Waals surface area contributed by atoms with Crippen LogP contribution in [0.2, 0.25) is 0 Å². The lowest BCUT2D eigenvalue weighted by molar-refractivity contribution is 0.0829. The van der Waals surface area contributed by atoms with Gasteiger partial charge < -0.3 is 4.90 Å². The quantitative estimate of drug-likeness (QED) is 0.527. The van der Waals surface area contributed by atoms with Crippen LogP contribution >= 0.6 is 11.3 Å². The largest absolute Gasteiger partial charge is 0.345 e. The fourth-order valence-electron chi connectivity index (χ4n) is 2.83. The molecule has 0 aliphatic carbocycles. The van der Waals surface area contributed by atoms with Crippen LogP contribution in [0.15, 0.2) is 42.0 Å². The fraction of sp³-hybridized carbons (Fsp3) is 0.150. The number of benzene rings is 1. The molecule has 28 heavy (non-hydrogen) atoms. The lowest BCUT2D eigenvalue weighted by Crippen LogP contribution is -2.22. The molecule has 0 atom stereocenters. The van der Waals surface area contributed by atoms with Gasteiger partial charge in [0.2, 0.25) is 0 Å². The Kier molecular flexibility index (Phi) is 4.56. The molecule has 0 radical (unpaired) electrons. The first-order valence-corrected chi connectivity index (χ1v) is 9.37. The van der Waals surface area contributed by atoms with Gasteiger partial charge >= 0.3 is 0 Å². The zero-order chi connectivity index (χ0) is 19.8. The number of aromatic nitrogens is 4. The van der Waals surface area contributed by atoms with Gasteiger partial charge in [0, 0.05) is 48.9 Å². The molecule has 1 aromatic carbocycles. The van der Waals surface area contributed by atoms with Crippen LogP contribution in [0.4, 0.5) is 4.39 Å². The van der Waals surface area contributed by atoms with Crippen molar-refractivity contribution in [3.8, 4) is 22.8 Å². The highest BCUT2D eigenvalue weighted by molar-refractivity contribution is 7.09. The van der Waals surface area contributed by atoms with Gasteiger partial charge in [-0.3, -0.25) is 4.79 Å². The van der Waals surface area contributed by atoms with E-state index in [1.165, 1.54) is 28.4 Å². The molecule has 0 saturated carbocycles. The molecule has 0 unspecified atom stereocenters. The van der Waals surface area contributed by atoms with Gasteiger partial charge in [-0.05, 0) is 25.1 Å². The standard InChI is InChI=1S/C20H16FN5OS/c1-11-24-18(10-28-11)19-22-8-12(9-23-19)16-7-15(20(27)26(2)3)14-5-4-13(21)6-17(14)25-16/h4-10H,1-3H3. The molecule has 4 rings (SSSR count). The minimum Gasteiger partial charge on any atom is -0.345 e. The summed E-state index contributed by atoms with van der Waals surface area (Å²) in [5.74, 6) is -0.0776. The number of hydrogen-bond acceptors (Lipinski definition) is 6. The van der Waals surface area contributed by atoms with Crippen molar-refractivity contribution in [2.45, 2.75) is 6.92 Å². The summed E-state index contributed by atoms with van der Waals surface area (Å²) in [5.41, 5.74) is 2.70. The Labute approximate surface area is 164 Å². The first-order valence-electron chi connectivity index (χ1n) is 8.49. The van der Waals surface area contributed by atoms with Crippen molar-refractivity contribution in [1.82, 2.24) is 24.8 Å². The SMILES string of the molecule is Cc1nc(-c2ncc(-c3cc(C(=O)N(C)C)c4ccc(F)cc4n3)cn2)cs1. The third kappa shape index (κ3) is 3.34. The number of carbonyl (C=O) groups excluding carboxylic acids is 1. The van der Waals surface area contributed by atoms with E-state index in [4.69, 9.17) is 0 Å². The van der Waals surface area contributed by atoms with Crippen molar-refractivity contribution >= 4 is 28.1 Å². The number of rotatable bonds is 3. The first-order chi connectivity index (χ1) is 13.4. The third-order valence-corrected chi connectivity index (χ3v) is 4.98. The molecule has 6 nitrogen and oxygen atoms in total. The Morgan fingerprint density at radius 1 is 1.07 bits per heavy atom. The van der Waals surface area contributed by atoms with E-state index in [1.54, 1.807) is 38.6 Å². The molecule has 0 fully saturated rings. The Morgan fingerprint density at radius 2 is 1.82 bits per heavy atom. The number of aryl methyl sites for hydroxylation is 1. The van der Waals surface area contributed by atoms with Crippen LogP contribution < -0.4 is 0 Å². The van der Waals surface area contributed by atoms with Crippen molar-refractivity contribution in [2.75, 3.05) is 14.1 Å². The number of fused-ring (bicyclic) bond motifs is 1. The summed E-state index contributed by atoms with van der Waals surface area (Å²) < 4.78 is 13.7. The molecule has 8 heteroatoms. The second-order valence-electron chi connectivity index (χ2n) is 6.46. The second-order valence-corrected chi connectivity index (χ2v) is 7.53. The van der Waals surface area contributed by atoms with Gasteiger partial charge in [0.1, 0.15) is 11.5 Å². The minimum atomic E-state index is -0.411. The summed E-state index contributed by atoms with van der Waals surface area (Å²) in [6.45, 7) is 1.92. The molecule has 3 heterocycles. The predicted octanol–water partition coefficient (Wildman–Crippen LogP) is 3.96. The van der Waals surface area contributed by atoms with Crippen molar-refractivity contribution in [1.29, 1.82) is 0 Å². The molecule has 1 amide bonds. The number of amides is 1. The Bertz CT molecular complexity index is 1190. The van der Waals surface area contributed by atoms with E-state index in [1.807, 2.05) is 12.3 Å². The maximum Gasteiger partial charge on any atom is 0.254 e. The summed E-state index contributed by atoms with van der Waals surface area (Å²) in [6, 6.07) is 5.90. The van der Waals surface area contributed by atoms with Crippen LogP contribution in [0.3, 0.4) is 0 Å². The van der Waals surface area contributed by atoms with Crippen LogP contribution in [0, 0.1) is 12.7 Å². The summed E-state index contributed by atoms with van der Waals surface area (Å²) in [7, 11) is 3.34. The number of hydrogen-bond donors (Lipinski definition) is 0. The number of halogens is 1. The highest BCUT2D eigenvalue weighted by atomic mass is 32.1. The van der Waals surface area contributed by atoms with Crippen molar-refractivity contribution in [3.63, 3.8) is 0 Å². The van der Waals surface area contributed by atoms with Crippen molar-refractivity contribution in [3.05, 3.63) is 58.4 Å². The van der Waals surface area contributed by atoms with Gasteiger partial charge in [0.25, 0.3) is 5.91 Å². The maximum absolute atomic E-state index is 13.7. The Balaban J connectivity index is 1.83. The van der Waals surface area contributed by atoms with Gasteiger partial charge in [0.15, 0.2) is 5.82 Å². The van der Waals surface area contributed by atoms with E-state index in [2.05, 4.69) is 19.9 Å². The molecule has 0 aliphatic heterocycles. The minimum absolute atomic E-state index is 0.184. The Morgan fingerprint density at radius 3 is 2.46 bits per heavy atom. The van der Waals surface area contributed by atoms with Gasteiger partial charge in [-0.15, -0.1) is 11.3 Å². The molecule has 3 aromatic heterocycles. The van der Waals surface area contributed by atoms with Gasteiger partial charge in [0.05, 0.1) is 21.8 Å². The van der Waals surface area contributed by atoms with Crippen LogP contribution in [-0.2, 0) is 0 Å². The zero-order valence-corrected chi connectivity index (χ0v) is 16.3. The predicted molar refractivity (Wildman–Crippen MR) is 107 cm³/mol. The summed E-state index contributed by atoms with van der Waals surface area (Å²) in [6.07, 6.45) is 3.27. The molecular weight excluding hydrogens is 377 g/mol. The third-order valence-electron chi connectivity index (χ3n) is 4.20. The van der Waals surface area contributed by atoms with Crippen LogP contribution in [0.25, 0.3) is 33.7 Å². The van der Waals surface area contributed by atoms with E-state index in [-0.39, 0.29) is 5.91 Å². The van der Waals surface area contributed by atoms with Crippen LogP contribution in [0.5, 0.6) is 0 Å². The molecule has 0 spiro atoms. The van der Waals surface area contributed by atoms with Crippen molar-refractivity contribution in [2.24, 2.45) is 0 Å². The summed E-state index contributed by atoms with van der Waals surface area (Å²) >= 11 is 1.53. The maximum atomic E-state index is 13.7. The van der Waals surface area contributed by atoms with E-state index in [0.29, 0.717) is 39.2 Å². The van der Waals surface area contributed by atoms with Crippen LogP contribution in [0.1, 0.15) is 15.4 Å². The average Bonchev–Trinajstić information content (AvgIpc) is 3.12. The Hall–Kier alpha value is -3.26. The molecule has 0 N–H and O–H groups in total. The van der Waals surface area contributed by atoms with Gasteiger partial charge in [-0.2, -0.15) is 0 Å². The van der Waals surface area contributed by atoms with E-state index >= 15 is 0 Å². The van der Waals surface area contributed by atoms with E-state index in [0.717, 1.165) is 5.01 Å². The number of thiazole rings is 1. The molecule has 0 aliphatic rings. The molecule has 140 valence electrons. The van der Waals surface area contributed by atoms with Crippen LogP contribution in [-0.4, -0.2) is 44.8 Å². The fourth-order valence-corrected chi connectivity index (χ4v) is 3.42. The molecule has 4 aromatic rings. The lowest BCUT2D eigenvalue weighted by Gasteiger charge is -2.14. The number of carbonyl (C=O) groups is 1. The smallest absolute Gasteiger partial charge is 0.254 e. The highest BCUT2D eigenvalue weighted by Gasteiger charge is 2.16. The summed E-state index contributed by atoms with van der Waals surface area (Å²) in [5, 5.41) is 3.43. The number of nitrogens with zero attached hydrogens (tertiary/aromatic N) is 5. The molecule has 0 bridgehead atoms. The van der Waals surface area contributed by atoms with E-state index < -0.39 is 5.82 Å². The summed E-state index contributed by atoms with van der Waals surface area (Å²) in [4.78, 5) is 31.7. The lowest BCUT2D eigenvalue weighted by atomic mass is 10.0. The van der Waals surface area contributed by atoms with Gasteiger partial charge in [-0.1, -0.05) is 0 Å².